The summed E-state index contributed by atoms with van der Waals surface area (Å²) >= 11 is 0. The van der Waals surface area contributed by atoms with Crippen molar-refractivity contribution < 1.29 is 33.5 Å². The second-order valence-electron chi connectivity index (χ2n) is 7.42. The molecule has 192 valence electrons. The Kier molecular flexibility index (Phi) is 8.66. The van der Waals surface area contributed by atoms with Gasteiger partial charge in [0, 0.05) is 5.56 Å². The smallest absolute Gasteiger partial charge is 0.280 e. The third-order valence-corrected chi connectivity index (χ3v) is 5.23. The van der Waals surface area contributed by atoms with Crippen molar-refractivity contribution >= 4 is 29.3 Å². The standard InChI is InChI=1S/C26H25N3O8/c1-34-18-11-9-16(10-12-18)25(30)28-20(26(31)27-19-7-5-6-8-22(19)35-2)13-17-14-23(36-3)24(37-4)15-21(17)29(32)33/h5-15H,1-4H3,(H,27,31)(H,28,30)/b20-13-. The van der Waals surface area contributed by atoms with Gasteiger partial charge in [-0.3, -0.25) is 19.7 Å². The second kappa shape index (κ2) is 12.1. The molecule has 37 heavy (non-hydrogen) atoms. The molecule has 3 aromatic carbocycles. The van der Waals surface area contributed by atoms with Crippen LogP contribution in [0.25, 0.3) is 6.08 Å². The van der Waals surface area contributed by atoms with E-state index in [0.717, 1.165) is 0 Å². The van der Waals surface area contributed by atoms with Gasteiger partial charge >= 0.3 is 0 Å². The summed E-state index contributed by atoms with van der Waals surface area (Å²) in [6, 6.07) is 15.4. The third-order valence-electron chi connectivity index (χ3n) is 5.23. The van der Waals surface area contributed by atoms with Gasteiger partial charge in [-0.15, -0.1) is 0 Å². The number of ether oxygens (including phenoxy) is 4. The van der Waals surface area contributed by atoms with Crippen LogP contribution in [0.3, 0.4) is 0 Å². The number of carbonyl (C=O) groups excluding carboxylic acids is 2. The van der Waals surface area contributed by atoms with Gasteiger partial charge in [0.2, 0.25) is 0 Å². The van der Waals surface area contributed by atoms with Gasteiger partial charge in [0.25, 0.3) is 17.5 Å². The monoisotopic (exact) mass is 507 g/mol. The normalized spacial score (nSPS) is 10.8. The number of hydrogen-bond donors (Lipinski definition) is 2. The molecule has 0 bridgehead atoms. The predicted octanol–water partition coefficient (Wildman–Crippen LogP) is 4.04. The number of benzene rings is 3. The highest BCUT2D eigenvalue weighted by atomic mass is 16.6. The molecule has 0 heterocycles. The van der Waals surface area contributed by atoms with E-state index in [1.165, 1.54) is 58.8 Å². The lowest BCUT2D eigenvalue weighted by Gasteiger charge is -2.14. The maximum absolute atomic E-state index is 13.3. The van der Waals surface area contributed by atoms with E-state index in [0.29, 0.717) is 17.2 Å². The number of methoxy groups -OCH3 is 4. The molecular weight excluding hydrogens is 482 g/mol. The van der Waals surface area contributed by atoms with E-state index in [1.54, 1.807) is 36.4 Å². The molecule has 0 spiro atoms. The summed E-state index contributed by atoms with van der Waals surface area (Å²) in [6.45, 7) is 0. The van der Waals surface area contributed by atoms with Crippen LogP contribution >= 0.6 is 0 Å². The van der Waals surface area contributed by atoms with Gasteiger partial charge in [-0.25, -0.2) is 0 Å². The number of carbonyl (C=O) groups is 2. The molecule has 0 aromatic heterocycles. The fourth-order valence-electron chi connectivity index (χ4n) is 3.35. The van der Waals surface area contributed by atoms with Crippen molar-refractivity contribution in [1.82, 2.24) is 5.32 Å². The summed E-state index contributed by atoms with van der Waals surface area (Å²) in [6.07, 6.45) is 1.19. The maximum atomic E-state index is 13.3. The number of amides is 2. The molecule has 3 aromatic rings. The lowest BCUT2D eigenvalue weighted by Crippen LogP contribution is -2.30. The summed E-state index contributed by atoms with van der Waals surface area (Å²) in [5.41, 5.74) is -0.0520. The Morgan fingerprint density at radius 3 is 2.05 bits per heavy atom. The number of nitrogens with zero attached hydrogens (tertiary/aromatic N) is 1. The molecule has 0 saturated heterocycles. The van der Waals surface area contributed by atoms with E-state index >= 15 is 0 Å². The Hall–Kier alpha value is -5.06. The number of para-hydroxylation sites is 2. The number of nitro groups is 1. The molecule has 11 nitrogen and oxygen atoms in total. The Balaban J connectivity index is 2.08. The third kappa shape index (κ3) is 6.34. The van der Waals surface area contributed by atoms with E-state index in [-0.39, 0.29) is 34.0 Å². The molecule has 0 aliphatic rings. The molecule has 3 rings (SSSR count). The van der Waals surface area contributed by atoms with Gasteiger partial charge in [-0.05, 0) is 48.5 Å². The van der Waals surface area contributed by atoms with Crippen LogP contribution in [0.4, 0.5) is 11.4 Å². The van der Waals surface area contributed by atoms with Crippen molar-refractivity contribution in [3.05, 3.63) is 87.6 Å². The van der Waals surface area contributed by atoms with Crippen LogP contribution in [0.1, 0.15) is 15.9 Å². The molecule has 0 saturated carbocycles. The molecule has 0 unspecified atom stereocenters. The molecule has 0 aliphatic carbocycles. The van der Waals surface area contributed by atoms with Crippen LogP contribution in [-0.2, 0) is 4.79 Å². The zero-order valence-corrected chi connectivity index (χ0v) is 20.6. The molecule has 0 radical (unpaired) electrons. The van der Waals surface area contributed by atoms with Crippen molar-refractivity contribution in [3.63, 3.8) is 0 Å². The average Bonchev–Trinajstić information content (AvgIpc) is 2.92. The predicted molar refractivity (Wildman–Crippen MR) is 136 cm³/mol. The molecule has 2 amide bonds. The number of rotatable bonds is 10. The van der Waals surface area contributed by atoms with E-state index < -0.39 is 16.7 Å². The average molecular weight is 507 g/mol. The van der Waals surface area contributed by atoms with Gasteiger partial charge in [-0.2, -0.15) is 0 Å². The van der Waals surface area contributed by atoms with Gasteiger partial charge in [0.1, 0.15) is 17.2 Å². The van der Waals surface area contributed by atoms with Crippen LogP contribution < -0.4 is 29.6 Å². The maximum Gasteiger partial charge on any atom is 0.280 e. The molecule has 0 fully saturated rings. The first-order chi connectivity index (χ1) is 17.8. The molecular formula is C26H25N3O8. The van der Waals surface area contributed by atoms with Crippen molar-refractivity contribution in [2.24, 2.45) is 0 Å². The van der Waals surface area contributed by atoms with E-state index in [4.69, 9.17) is 18.9 Å². The van der Waals surface area contributed by atoms with Crippen LogP contribution in [0.5, 0.6) is 23.0 Å². The Labute approximate surface area is 212 Å². The largest absolute Gasteiger partial charge is 0.497 e. The van der Waals surface area contributed by atoms with Gasteiger partial charge in [-0.1, -0.05) is 12.1 Å². The van der Waals surface area contributed by atoms with Gasteiger partial charge in [0.05, 0.1) is 50.7 Å². The minimum Gasteiger partial charge on any atom is -0.497 e. The van der Waals surface area contributed by atoms with Crippen molar-refractivity contribution in [2.75, 3.05) is 33.8 Å². The number of anilines is 1. The van der Waals surface area contributed by atoms with E-state index in [9.17, 15) is 19.7 Å². The molecule has 11 heteroatoms. The zero-order chi connectivity index (χ0) is 26.9. The second-order valence-corrected chi connectivity index (χ2v) is 7.42. The summed E-state index contributed by atoms with van der Waals surface area (Å²) in [5.74, 6) is -0.0995. The van der Waals surface area contributed by atoms with Crippen LogP contribution in [0.15, 0.2) is 66.4 Å². The number of nitrogens with one attached hydrogen (secondary N) is 2. The van der Waals surface area contributed by atoms with E-state index in [1.807, 2.05) is 0 Å². The fraction of sp³-hybridized carbons (Fsp3) is 0.154. The first-order valence-corrected chi connectivity index (χ1v) is 10.8. The van der Waals surface area contributed by atoms with Crippen LogP contribution in [0, 0.1) is 10.1 Å². The Morgan fingerprint density at radius 1 is 0.838 bits per heavy atom. The zero-order valence-electron chi connectivity index (χ0n) is 20.6. The highest BCUT2D eigenvalue weighted by Gasteiger charge is 2.22. The molecule has 2 N–H and O–H groups in total. The van der Waals surface area contributed by atoms with Gasteiger partial charge in [0.15, 0.2) is 11.5 Å². The molecule has 0 atom stereocenters. The Morgan fingerprint density at radius 2 is 1.46 bits per heavy atom. The van der Waals surface area contributed by atoms with Crippen LogP contribution in [-0.4, -0.2) is 45.2 Å². The summed E-state index contributed by atoms with van der Waals surface area (Å²) in [4.78, 5) is 37.5. The number of hydrogen-bond acceptors (Lipinski definition) is 8. The highest BCUT2D eigenvalue weighted by Crippen LogP contribution is 2.35. The van der Waals surface area contributed by atoms with Crippen LogP contribution in [0.2, 0.25) is 0 Å². The first-order valence-electron chi connectivity index (χ1n) is 10.8. The Bertz CT molecular complexity index is 1340. The summed E-state index contributed by atoms with van der Waals surface area (Å²) in [5, 5.41) is 17.0. The topological polar surface area (TPSA) is 138 Å². The minimum absolute atomic E-state index is 0.00265. The first kappa shape index (κ1) is 26.5. The highest BCUT2D eigenvalue weighted by molar-refractivity contribution is 6.11. The van der Waals surface area contributed by atoms with Crippen molar-refractivity contribution in [1.29, 1.82) is 0 Å². The fourth-order valence-corrected chi connectivity index (χ4v) is 3.35. The van der Waals surface area contributed by atoms with Crippen molar-refractivity contribution in [2.45, 2.75) is 0 Å². The lowest BCUT2D eigenvalue weighted by molar-refractivity contribution is -0.385. The van der Waals surface area contributed by atoms with Gasteiger partial charge < -0.3 is 29.6 Å². The number of nitro benzene ring substituents is 1. The lowest BCUT2D eigenvalue weighted by atomic mass is 10.1. The van der Waals surface area contributed by atoms with E-state index in [2.05, 4.69) is 10.6 Å². The minimum atomic E-state index is -0.740. The van der Waals surface area contributed by atoms with Crippen molar-refractivity contribution in [3.8, 4) is 23.0 Å². The summed E-state index contributed by atoms with van der Waals surface area (Å²) < 4.78 is 20.8. The summed E-state index contributed by atoms with van der Waals surface area (Å²) in [7, 11) is 5.66. The molecule has 0 aliphatic heterocycles. The SMILES string of the molecule is COc1ccc(C(=O)N/C(=C\c2cc(OC)c(OC)cc2[N+](=O)[O-])C(=O)Nc2ccccc2OC)cc1. The quantitative estimate of drug-likeness (QED) is 0.238.